The number of anilines is 1. The first-order valence-corrected chi connectivity index (χ1v) is 10.1. The minimum absolute atomic E-state index is 0.0338. The van der Waals surface area contributed by atoms with Crippen LogP contribution < -0.4 is 10.6 Å². The molecule has 0 amide bonds. The lowest BCUT2D eigenvalue weighted by atomic mass is 10.1. The zero-order chi connectivity index (χ0) is 17.7. The number of rotatable bonds is 5. The van der Waals surface area contributed by atoms with E-state index in [0.717, 1.165) is 17.7 Å². The molecule has 0 saturated carbocycles. The lowest BCUT2D eigenvalue weighted by Crippen LogP contribution is -2.30. The molecule has 0 saturated heterocycles. The molecule has 0 radical (unpaired) electrons. The van der Waals surface area contributed by atoms with Crippen LogP contribution >= 0.6 is 12.2 Å². The molecule has 6 heteroatoms. The Hall–Kier alpha value is -1.92. The van der Waals surface area contributed by atoms with Gasteiger partial charge in [0.15, 0.2) is 14.9 Å². The molecule has 0 heterocycles. The first-order chi connectivity index (χ1) is 11.3. The normalized spacial score (nSPS) is 12.5. The monoisotopic (exact) mass is 362 g/mol. The van der Waals surface area contributed by atoms with Crippen LogP contribution in [0.2, 0.25) is 0 Å². The molecule has 4 nitrogen and oxygen atoms in total. The summed E-state index contributed by atoms with van der Waals surface area (Å²) >= 11 is 5.34. The third-order valence-electron chi connectivity index (χ3n) is 3.78. The van der Waals surface area contributed by atoms with Crippen molar-refractivity contribution in [2.75, 3.05) is 11.6 Å². The topological polar surface area (TPSA) is 58.2 Å². The Balaban J connectivity index is 1.97. The highest BCUT2D eigenvalue weighted by Gasteiger charge is 2.10. The Bertz CT molecular complexity index is 798. The molecule has 2 aromatic carbocycles. The van der Waals surface area contributed by atoms with E-state index in [0.29, 0.717) is 10.0 Å². The Morgan fingerprint density at radius 3 is 2.17 bits per heavy atom. The maximum atomic E-state index is 11.5. The molecule has 0 aliphatic rings. The molecule has 0 aromatic heterocycles. The van der Waals surface area contributed by atoms with Gasteiger partial charge in [-0.25, -0.2) is 8.42 Å². The molecule has 0 bridgehead atoms. The Kier molecular flexibility index (Phi) is 5.96. The van der Waals surface area contributed by atoms with Crippen molar-refractivity contribution in [3.63, 3.8) is 0 Å². The van der Waals surface area contributed by atoms with Gasteiger partial charge >= 0.3 is 0 Å². The van der Waals surface area contributed by atoms with Crippen LogP contribution in [0.25, 0.3) is 0 Å². The van der Waals surface area contributed by atoms with E-state index in [4.69, 9.17) is 12.2 Å². The quantitative estimate of drug-likeness (QED) is 0.794. The van der Waals surface area contributed by atoms with Gasteiger partial charge in [0.05, 0.1) is 10.9 Å². The van der Waals surface area contributed by atoms with E-state index in [1.807, 2.05) is 19.1 Å². The first-order valence-electron chi connectivity index (χ1n) is 7.76. The summed E-state index contributed by atoms with van der Waals surface area (Å²) in [7, 11) is -3.17. The Morgan fingerprint density at radius 1 is 1.08 bits per heavy atom. The number of sulfone groups is 1. The van der Waals surface area contributed by atoms with Crippen LogP contribution in [0, 0.1) is 0 Å². The summed E-state index contributed by atoms with van der Waals surface area (Å²) in [5.74, 6) is 0. The van der Waals surface area contributed by atoms with Gasteiger partial charge in [0.25, 0.3) is 0 Å². The average molecular weight is 363 g/mol. The number of hydrogen-bond acceptors (Lipinski definition) is 3. The van der Waals surface area contributed by atoms with E-state index in [-0.39, 0.29) is 6.04 Å². The van der Waals surface area contributed by atoms with Crippen molar-refractivity contribution in [1.29, 1.82) is 0 Å². The van der Waals surface area contributed by atoms with E-state index in [2.05, 4.69) is 29.7 Å². The second-order valence-electron chi connectivity index (χ2n) is 5.71. The number of benzene rings is 2. The fraction of sp³-hybridized carbons (Fsp3) is 0.278. The maximum absolute atomic E-state index is 11.5. The van der Waals surface area contributed by atoms with Gasteiger partial charge in [-0.1, -0.05) is 31.2 Å². The van der Waals surface area contributed by atoms with Gasteiger partial charge in [0.1, 0.15) is 0 Å². The van der Waals surface area contributed by atoms with E-state index < -0.39 is 9.84 Å². The van der Waals surface area contributed by atoms with Crippen LogP contribution in [0.4, 0.5) is 5.69 Å². The largest absolute Gasteiger partial charge is 0.356 e. The lowest BCUT2D eigenvalue weighted by molar-refractivity contribution is 0.601. The van der Waals surface area contributed by atoms with Crippen molar-refractivity contribution in [3.05, 3.63) is 59.7 Å². The minimum atomic E-state index is -3.17. The minimum Gasteiger partial charge on any atom is -0.356 e. The SMILES string of the molecule is CCc1ccc(NC(=S)N[C@H](C)c2ccc(S(C)(=O)=O)cc2)cc1. The summed E-state index contributed by atoms with van der Waals surface area (Å²) in [5, 5.41) is 6.88. The molecule has 24 heavy (non-hydrogen) atoms. The van der Waals surface area contributed by atoms with Gasteiger partial charge in [0, 0.05) is 11.9 Å². The van der Waals surface area contributed by atoms with Crippen LogP contribution in [0.3, 0.4) is 0 Å². The van der Waals surface area contributed by atoms with Crippen molar-refractivity contribution in [1.82, 2.24) is 5.32 Å². The fourth-order valence-corrected chi connectivity index (χ4v) is 3.20. The van der Waals surface area contributed by atoms with Crippen LogP contribution in [0.15, 0.2) is 53.4 Å². The second-order valence-corrected chi connectivity index (χ2v) is 8.14. The molecule has 2 aromatic rings. The molecule has 0 aliphatic carbocycles. The molecular weight excluding hydrogens is 340 g/mol. The van der Waals surface area contributed by atoms with Crippen LogP contribution in [0.5, 0.6) is 0 Å². The van der Waals surface area contributed by atoms with Gasteiger partial charge in [-0.05, 0) is 61.0 Å². The van der Waals surface area contributed by atoms with Gasteiger partial charge < -0.3 is 10.6 Å². The molecule has 0 aliphatic heterocycles. The third-order valence-corrected chi connectivity index (χ3v) is 5.12. The zero-order valence-electron chi connectivity index (χ0n) is 14.0. The van der Waals surface area contributed by atoms with Gasteiger partial charge in [-0.3, -0.25) is 0 Å². The molecule has 0 unspecified atom stereocenters. The summed E-state index contributed by atoms with van der Waals surface area (Å²) in [6, 6.07) is 14.9. The highest BCUT2D eigenvalue weighted by Crippen LogP contribution is 2.17. The van der Waals surface area contributed by atoms with Gasteiger partial charge in [-0.15, -0.1) is 0 Å². The fourth-order valence-electron chi connectivity index (χ4n) is 2.27. The number of nitrogens with one attached hydrogen (secondary N) is 2. The number of thiocarbonyl (C=S) groups is 1. The first kappa shape index (κ1) is 18.4. The van der Waals surface area contributed by atoms with Crippen molar-refractivity contribution in [2.24, 2.45) is 0 Å². The maximum Gasteiger partial charge on any atom is 0.175 e. The smallest absolute Gasteiger partial charge is 0.175 e. The van der Waals surface area contributed by atoms with E-state index in [1.54, 1.807) is 24.3 Å². The van der Waals surface area contributed by atoms with Crippen molar-refractivity contribution < 1.29 is 8.42 Å². The highest BCUT2D eigenvalue weighted by atomic mass is 32.2. The van der Waals surface area contributed by atoms with Crippen molar-refractivity contribution >= 4 is 32.9 Å². The van der Waals surface area contributed by atoms with E-state index in [9.17, 15) is 8.42 Å². The van der Waals surface area contributed by atoms with Crippen LogP contribution in [0.1, 0.15) is 31.0 Å². The predicted molar refractivity (Wildman–Crippen MR) is 103 cm³/mol. The molecule has 128 valence electrons. The number of aryl methyl sites for hydroxylation is 1. The van der Waals surface area contributed by atoms with E-state index >= 15 is 0 Å². The van der Waals surface area contributed by atoms with Gasteiger partial charge in [0.2, 0.25) is 0 Å². The summed E-state index contributed by atoms with van der Waals surface area (Å²) in [4.78, 5) is 0.315. The molecule has 1 atom stereocenters. The standard InChI is InChI=1S/C18H22N2O2S2/c1-4-14-5-9-16(10-6-14)20-18(23)19-13(2)15-7-11-17(12-8-15)24(3,21)22/h5-13H,4H2,1-3H3,(H2,19,20,23)/t13-/m1/s1. The third kappa shape index (κ3) is 5.04. The number of hydrogen-bond donors (Lipinski definition) is 2. The molecule has 2 rings (SSSR count). The summed E-state index contributed by atoms with van der Waals surface area (Å²) in [6.45, 7) is 4.09. The lowest BCUT2D eigenvalue weighted by Gasteiger charge is -2.18. The molecule has 2 N–H and O–H groups in total. The highest BCUT2D eigenvalue weighted by molar-refractivity contribution is 7.90. The Labute approximate surface area is 149 Å². The summed E-state index contributed by atoms with van der Waals surface area (Å²) in [6.07, 6.45) is 2.20. The molecule has 0 spiro atoms. The summed E-state index contributed by atoms with van der Waals surface area (Å²) in [5.41, 5.74) is 3.18. The average Bonchev–Trinajstić information content (AvgIpc) is 2.54. The second kappa shape index (κ2) is 7.77. The van der Waals surface area contributed by atoms with Crippen molar-refractivity contribution in [3.8, 4) is 0 Å². The predicted octanol–water partition coefficient (Wildman–Crippen LogP) is 3.70. The zero-order valence-corrected chi connectivity index (χ0v) is 15.7. The van der Waals surface area contributed by atoms with E-state index in [1.165, 1.54) is 11.8 Å². The van der Waals surface area contributed by atoms with Gasteiger partial charge in [-0.2, -0.15) is 0 Å². The summed E-state index contributed by atoms with van der Waals surface area (Å²) < 4.78 is 23.0. The Morgan fingerprint density at radius 2 is 1.67 bits per heavy atom. The molecular formula is C18H22N2O2S2. The van der Waals surface area contributed by atoms with Crippen LogP contribution in [-0.4, -0.2) is 19.8 Å². The van der Waals surface area contributed by atoms with Crippen LogP contribution in [-0.2, 0) is 16.3 Å². The molecule has 0 fully saturated rings. The van der Waals surface area contributed by atoms with Crippen molar-refractivity contribution in [2.45, 2.75) is 31.2 Å².